The van der Waals surface area contributed by atoms with Gasteiger partial charge in [0.2, 0.25) is 0 Å². The van der Waals surface area contributed by atoms with Crippen molar-refractivity contribution in [2.24, 2.45) is 0 Å². The molecule has 0 aromatic carbocycles. The zero-order valence-electron chi connectivity index (χ0n) is 8.15. The SMILES string of the molecule is N#CCC(O)C(O)c1ccc([N+](=O)[O-])nc1. The molecule has 0 aliphatic rings. The minimum atomic E-state index is -1.27. The zero-order chi connectivity index (χ0) is 12.1. The summed E-state index contributed by atoms with van der Waals surface area (Å²) in [6.45, 7) is 0. The first-order valence-electron chi connectivity index (χ1n) is 4.39. The van der Waals surface area contributed by atoms with Crippen LogP contribution in [0.1, 0.15) is 18.1 Å². The molecule has 0 amide bonds. The summed E-state index contributed by atoms with van der Waals surface area (Å²) in [5.74, 6) is -0.342. The Morgan fingerprint density at radius 1 is 1.56 bits per heavy atom. The van der Waals surface area contributed by atoms with Crippen LogP contribution in [-0.2, 0) is 0 Å². The van der Waals surface area contributed by atoms with E-state index in [1.54, 1.807) is 6.07 Å². The van der Waals surface area contributed by atoms with Gasteiger partial charge in [0.25, 0.3) is 0 Å². The molecule has 0 spiro atoms. The third-order valence-corrected chi connectivity index (χ3v) is 1.96. The predicted octanol–water partition coefficient (Wildman–Crippen LogP) is 0.298. The number of pyridine rings is 1. The molecule has 0 fully saturated rings. The molecule has 16 heavy (non-hydrogen) atoms. The molecule has 0 radical (unpaired) electrons. The van der Waals surface area contributed by atoms with Gasteiger partial charge in [0.15, 0.2) is 0 Å². The van der Waals surface area contributed by atoms with E-state index < -0.39 is 17.1 Å². The number of nitriles is 1. The summed E-state index contributed by atoms with van der Waals surface area (Å²) >= 11 is 0. The highest BCUT2D eigenvalue weighted by Crippen LogP contribution is 2.19. The number of rotatable bonds is 4. The van der Waals surface area contributed by atoms with Crippen LogP contribution in [0.15, 0.2) is 18.3 Å². The third-order valence-electron chi connectivity index (χ3n) is 1.96. The molecule has 2 N–H and O–H groups in total. The Bertz CT molecular complexity index is 412. The van der Waals surface area contributed by atoms with E-state index in [2.05, 4.69) is 4.98 Å². The Balaban J connectivity index is 2.82. The maximum atomic E-state index is 10.3. The first-order chi connectivity index (χ1) is 7.56. The van der Waals surface area contributed by atoms with Gasteiger partial charge >= 0.3 is 5.82 Å². The lowest BCUT2D eigenvalue weighted by Crippen LogP contribution is -2.17. The van der Waals surface area contributed by atoms with Gasteiger partial charge in [0, 0.05) is 11.6 Å². The second-order valence-corrected chi connectivity index (χ2v) is 3.08. The number of aromatic nitrogens is 1. The fourth-order valence-corrected chi connectivity index (χ4v) is 1.11. The molecule has 1 rings (SSSR count). The van der Waals surface area contributed by atoms with Crippen molar-refractivity contribution in [1.29, 1.82) is 5.26 Å². The van der Waals surface area contributed by atoms with E-state index in [0.717, 1.165) is 12.3 Å². The Labute approximate surface area is 90.7 Å². The average molecular weight is 223 g/mol. The third kappa shape index (κ3) is 2.73. The van der Waals surface area contributed by atoms with Gasteiger partial charge in [0.1, 0.15) is 12.3 Å². The number of aliphatic hydroxyl groups excluding tert-OH is 2. The van der Waals surface area contributed by atoms with E-state index >= 15 is 0 Å². The van der Waals surface area contributed by atoms with Crippen molar-refractivity contribution in [3.63, 3.8) is 0 Å². The van der Waals surface area contributed by atoms with Gasteiger partial charge in [0.05, 0.1) is 18.6 Å². The van der Waals surface area contributed by atoms with E-state index in [1.165, 1.54) is 6.07 Å². The van der Waals surface area contributed by atoms with Gasteiger partial charge in [-0.1, -0.05) is 0 Å². The van der Waals surface area contributed by atoms with Crippen LogP contribution in [0, 0.1) is 21.4 Å². The summed E-state index contributed by atoms with van der Waals surface area (Å²) in [4.78, 5) is 13.1. The van der Waals surface area contributed by atoms with Crippen molar-refractivity contribution in [2.45, 2.75) is 18.6 Å². The minimum Gasteiger partial charge on any atom is -0.389 e. The Morgan fingerprint density at radius 3 is 2.69 bits per heavy atom. The van der Waals surface area contributed by atoms with E-state index in [4.69, 9.17) is 5.26 Å². The lowest BCUT2D eigenvalue weighted by molar-refractivity contribution is -0.389. The molecular weight excluding hydrogens is 214 g/mol. The van der Waals surface area contributed by atoms with Crippen LogP contribution in [0.2, 0.25) is 0 Å². The summed E-state index contributed by atoms with van der Waals surface area (Å²) in [6, 6.07) is 4.12. The normalized spacial score (nSPS) is 13.8. The van der Waals surface area contributed by atoms with Crippen LogP contribution in [0.5, 0.6) is 0 Å². The second-order valence-electron chi connectivity index (χ2n) is 3.08. The number of nitrogens with zero attached hydrogens (tertiary/aromatic N) is 3. The molecule has 84 valence electrons. The van der Waals surface area contributed by atoms with Gasteiger partial charge in [-0.05, 0) is 16.0 Å². The number of hydrogen-bond acceptors (Lipinski definition) is 6. The zero-order valence-corrected chi connectivity index (χ0v) is 8.15. The van der Waals surface area contributed by atoms with Crippen LogP contribution in [0.4, 0.5) is 5.82 Å². The summed E-state index contributed by atoms with van der Waals surface area (Å²) in [5.41, 5.74) is 0.230. The molecule has 2 unspecified atom stereocenters. The van der Waals surface area contributed by atoms with Crippen LogP contribution in [0.3, 0.4) is 0 Å². The predicted molar refractivity (Wildman–Crippen MR) is 52.1 cm³/mol. The average Bonchev–Trinajstić information content (AvgIpc) is 2.28. The molecule has 1 aromatic heterocycles. The highest BCUT2D eigenvalue weighted by molar-refractivity contribution is 5.24. The maximum Gasteiger partial charge on any atom is 0.363 e. The smallest absolute Gasteiger partial charge is 0.363 e. The molecule has 1 heterocycles. The fourth-order valence-electron chi connectivity index (χ4n) is 1.11. The topological polar surface area (TPSA) is 120 Å². The quantitative estimate of drug-likeness (QED) is 0.559. The van der Waals surface area contributed by atoms with Crippen LogP contribution < -0.4 is 0 Å². The Kier molecular flexibility index (Phi) is 3.88. The number of hydrogen-bond donors (Lipinski definition) is 2. The maximum absolute atomic E-state index is 10.3. The van der Waals surface area contributed by atoms with Crippen molar-refractivity contribution >= 4 is 5.82 Å². The standard InChI is InChI=1S/C9H9N3O4/c10-4-3-7(13)9(14)6-1-2-8(11-5-6)12(15)16/h1-2,5,7,9,13-14H,3H2. The van der Waals surface area contributed by atoms with Gasteiger partial charge in [-0.3, -0.25) is 0 Å². The molecule has 7 nitrogen and oxygen atoms in total. The van der Waals surface area contributed by atoms with Gasteiger partial charge < -0.3 is 20.3 Å². The van der Waals surface area contributed by atoms with Crippen molar-refractivity contribution in [1.82, 2.24) is 4.98 Å². The monoisotopic (exact) mass is 223 g/mol. The van der Waals surface area contributed by atoms with Crippen LogP contribution >= 0.6 is 0 Å². The molecular formula is C9H9N3O4. The van der Waals surface area contributed by atoms with E-state index in [-0.39, 0.29) is 17.8 Å². The summed E-state index contributed by atoms with van der Waals surface area (Å²) in [6.07, 6.45) is -1.62. The molecule has 0 saturated heterocycles. The molecule has 0 bridgehead atoms. The fraction of sp³-hybridized carbons (Fsp3) is 0.333. The van der Waals surface area contributed by atoms with Crippen molar-refractivity contribution < 1.29 is 15.1 Å². The van der Waals surface area contributed by atoms with Crippen molar-refractivity contribution in [3.05, 3.63) is 34.0 Å². The van der Waals surface area contributed by atoms with Gasteiger partial charge in [-0.2, -0.15) is 5.26 Å². The Morgan fingerprint density at radius 2 is 2.25 bits per heavy atom. The molecule has 0 saturated carbocycles. The molecule has 7 heteroatoms. The van der Waals surface area contributed by atoms with Crippen molar-refractivity contribution in [2.75, 3.05) is 0 Å². The molecule has 0 aliphatic carbocycles. The van der Waals surface area contributed by atoms with Crippen molar-refractivity contribution in [3.8, 4) is 6.07 Å². The minimum absolute atomic E-state index is 0.224. The first kappa shape index (κ1) is 12.0. The van der Waals surface area contributed by atoms with E-state index in [0.29, 0.717) is 0 Å². The lowest BCUT2D eigenvalue weighted by atomic mass is 10.0. The number of nitro groups is 1. The molecule has 0 aliphatic heterocycles. The van der Waals surface area contributed by atoms with E-state index in [9.17, 15) is 20.3 Å². The highest BCUT2D eigenvalue weighted by atomic mass is 16.6. The lowest BCUT2D eigenvalue weighted by Gasteiger charge is -2.13. The van der Waals surface area contributed by atoms with Crippen LogP contribution in [-0.4, -0.2) is 26.2 Å². The largest absolute Gasteiger partial charge is 0.389 e. The second kappa shape index (κ2) is 5.16. The van der Waals surface area contributed by atoms with Crippen LogP contribution in [0.25, 0.3) is 0 Å². The van der Waals surface area contributed by atoms with Gasteiger partial charge in [-0.15, -0.1) is 0 Å². The van der Waals surface area contributed by atoms with Gasteiger partial charge in [-0.25, -0.2) is 0 Å². The molecule has 2 atom stereocenters. The highest BCUT2D eigenvalue weighted by Gasteiger charge is 2.20. The summed E-state index contributed by atoms with van der Waals surface area (Å²) < 4.78 is 0. The van der Waals surface area contributed by atoms with E-state index in [1.807, 2.05) is 0 Å². The summed E-state index contributed by atoms with van der Waals surface area (Å²) in [5, 5.41) is 37.5. The Hall–Kier alpha value is -2.04. The first-order valence-corrected chi connectivity index (χ1v) is 4.39. The molecule has 1 aromatic rings. The number of aliphatic hydroxyl groups is 2. The summed E-state index contributed by atoms with van der Waals surface area (Å²) in [7, 11) is 0.